The largest absolute Gasteiger partial charge is 0.460 e. The molecule has 1 saturated heterocycles. The van der Waals surface area contributed by atoms with Crippen molar-refractivity contribution < 1.29 is 9.31 Å². The molecule has 0 N–H and O–H groups in total. The minimum absolute atomic E-state index is 0.133. The SMILES string of the molecule is C1CCC(B2O[C@H](C3CCCCC3)[C@@H](C3CCCCC3)O2)CC1. The molecular weight excluding hydrogens is 283 g/mol. The van der Waals surface area contributed by atoms with Crippen molar-refractivity contribution in [2.45, 2.75) is 114 Å². The second kappa shape index (κ2) is 7.91. The highest BCUT2D eigenvalue weighted by molar-refractivity contribution is 6.47. The van der Waals surface area contributed by atoms with Crippen LogP contribution in [0.5, 0.6) is 0 Å². The smallest absolute Gasteiger partial charge is 0.405 e. The molecule has 0 amide bonds. The molecule has 3 saturated carbocycles. The first-order valence-corrected chi connectivity index (χ1v) is 10.7. The number of hydrogen-bond donors (Lipinski definition) is 0. The third kappa shape index (κ3) is 3.81. The molecule has 2 atom stereocenters. The van der Waals surface area contributed by atoms with Crippen LogP contribution in [0.25, 0.3) is 0 Å². The van der Waals surface area contributed by atoms with Gasteiger partial charge in [0.25, 0.3) is 0 Å². The lowest BCUT2D eigenvalue weighted by atomic mass is 9.64. The van der Waals surface area contributed by atoms with Crippen LogP contribution in [0, 0.1) is 11.8 Å². The van der Waals surface area contributed by atoms with Crippen LogP contribution in [-0.4, -0.2) is 19.3 Å². The zero-order valence-electron chi connectivity index (χ0n) is 14.9. The van der Waals surface area contributed by atoms with Gasteiger partial charge in [0.15, 0.2) is 0 Å². The van der Waals surface area contributed by atoms with E-state index in [0.717, 1.165) is 11.8 Å². The molecule has 0 aromatic heterocycles. The average Bonchev–Trinajstić information content (AvgIpc) is 3.09. The summed E-state index contributed by atoms with van der Waals surface area (Å²) >= 11 is 0. The van der Waals surface area contributed by atoms with Crippen molar-refractivity contribution >= 4 is 7.12 Å². The summed E-state index contributed by atoms with van der Waals surface area (Å²) in [6, 6.07) is 0. The molecule has 3 heteroatoms. The highest BCUT2D eigenvalue weighted by Gasteiger charge is 2.49. The first kappa shape index (κ1) is 16.5. The predicted octanol–water partition coefficient (Wildman–Crippen LogP) is 5.75. The van der Waals surface area contributed by atoms with Gasteiger partial charge in [-0.3, -0.25) is 0 Å². The Morgan fingerprint density at radius 3 is 1.30 bits per heavy atom. The number of rotatable bonds is 3. The van der Waals surface area contributed by atoms with Crippen LogP contribution in [0.4, 0.5) is 0 Å². The normalized spacial score (nSPS) is 35.7. The third-order valence-corrected chi connectivity index (χ3v) is 7.17. The summed E-state index contributed by atoms with van der Waals surface area (Å²) in [5.41, 5.74) is 0. The Balaban J connectivity index is 1.45. The Morgan fingerprint density at radius 2 is 0.870 bits per heavy atom. The Morgan fingerprint density at radius 1 is 0.478 bits per heavy atom. The molecular formula is C20H35BO2. The molecule has 0 unspecified atom stereocenters. The van der Waals surface area contributed by atoms with Crippen molar-refractivity contribution in [3.8, 4) is 0 Å². The lowest BCUT2D eigenvalue weighted by molar-refractivity contribution is 0.0324. The molecule has 0 aromatic carbocycles. The van der Waals surface area contributed by atoms with Crippen LogP contribution in [0.1, 0.15) is 96.3 Å². The quantitative estimate of drug-likeness (QED) is 0.617. The second-order valence-electron chi connectivity index (χ2n) is 8.76. The lowest BCUT2D eigenvalue weighted by Gasteiger charge is -2.35. The van der Waals surface area contributed by atoms with Crippen LogP contribution in [0.15, 0.2) is 0 Å². The van der Waals surface area contributed by atoms with Gasteiger partial charge in [-0.2, -0.15) is 0 Å². The molecule has 23 heavy (non-hydrogen) atoms. The van der Waals surface area contributed by atoms with Gasteiger partial charge in [0, 0.05) is 0 Å². The van der Waals surface area contributed by atoms with Crippen LogP contribution in [0.3, 0.4) is 0 Å². The molecule has 2 nitrogen and oxygen atoms in total. The Bertz CT molecular complexity index is 331. The predicted molar refractivity (Wildman–Crippen MR) is 95.5 cm³/mol. The molecule has 0 aromatic rings. The highest BCUT2D eigenvalue weighted by atomic mass is 16.7. The summed E-state index contributed by atoms with van der Waals surface area (Å²) < 4.78 is 13.4. The maximum absolute atomic E-state index is 6.68. The Labute approximate surface area is 143 Å². The van der Waals surface area contributed by atoms with Gasteiger partial charge in [0.1, 0.15) is 0 Å². The fourth-order valence-electron chi connectivity index (χ4n) is 5.81. The Hall–Kier alpha value is -0.0151. The van der Waals surface area contributed by atoms with Crippen LogP contribution >= 0.6 is 0 Å². The van der Waals surface area contributed by atoms with Gasteiger partial charge >= 0.3 is 7.12 Å². The zero-order chi connectivity index (χ0) is 15.5. The lowest BCUT2D eigenvalue weighted by Crippen LogP contribution is -2.38. The highest BCUT2D eigenvalue weighted by Crippen LogP contribution is 2.44. The molecule has 3 aliphatic carbocycles. The monoisotopic (exact) mass is 318 g/mol. The first-order chi connectivity index (χ1) is 11.4. The molecule has 0 radical (unpaired) electrons. The van der Waals surface area contributed by atoms with E-state index in [1.807, 2.05) is 0 Å². The summed E-state index contributed by atoms with van der Waals surface area (Å²) in [4.78, 5) is 0. The number of hydrogen-bond acceptors (Lipinski definition) is 2. The van der Waals surface area contributed by atoms with E-state index in [-0.39, 0.29) is 7.12 Å². The summed E-state index contributed by atoms with van der Waals surface area (Å²) in [6.45, 7) is 0. The molecule has 4 aliphatic rings. The van der Waals surface area contributed by atoms with Crippen molar-refractivity contribution in [3.63, 3.8) is 0 Å². The molecule has 1 aliphatic heterocycles. The van der Waals surface area contributed by atoms with E-state index in [4.69, 9.17) is 9.31 Å². The summed E-state index contributed by atoms with van der Waals surface area (Å²) in [5.74, 6) is 2.25. The van der Waals surface area contributed by atoms with Gasteiger partial charge in [0.05, 0.1) is 12.2 Å². The summed E-state index contributed by atoms with van der Waals surface area (Å²) in [6.07, 6.45) is 21.8. The van der Waals surface area contributed by atoms with Crippen LogP contribution in [-0.2, 0) is 9.31 Å². The molecule has 0 bridgehead atoms. The summed E-state index contributed by atoms with van der Waals surface area (Å²) in [7, 11) is 0.133. The van der Waals surface area contributed by atoms with Gasteiger partial charge in [-0.25, -0.2) is 0 Å². The van der Waals surface area contributed by atoms with Crippen molar-refractivity contribution in [2.75, 3.05) is 0 Å². The minimum atomic E-state index is 0.133. The van der Waals surface area contributed by atoms with E-state index in [9.17, 15) is 0 Å². The van der Waals surface area contributed by atoms with Gasteiger partial charge in [-0.15, -0.1) is 0 Å². The molecule has 4 fully saturated rings. The molecule has 0 spiro atoms. The van der Waals surface area contributed by atoms with Gasteiger partial charge in [0.2, 0.25) is 0 Å². The van der Waals surface area contributed by atoms with E-state index in [0.29, 0.717) is 18.0 Å². The van der Waals surface area contributed by atoms with Crippen molar-refractivity contribution in [1.82, 2.24) is 0 Å². The summed E-state index contributed by atoms with van der Waals surface area (Å²) in [5, 5.41) is 0. The van der Waals surface area contributed by atoms with Gasteiger partial charge < -0.3 is 9.31 Å². The third-order valence-electron chi connectivity index (χ3n) is 7.17. The van der Waals surface area contributed by atoms with Crippen molar-refractivity contribution in [3.05, 3.63) is 0 Å². The maximum Gasteiger partial charge on any atom is 0.460 e. The molecule has 4 rings (SSSR count). The zero-order valence-corrected chi connectivity index (χ0v) is 14.9. The van der Waals surface area contributed by atoms with E-state index in [1.54, 1.807) is 0 Å². The van der Waals surface area contributed by atoms with Crippen molar-refractivity contribution in [2.24, 2.45) is 11.8 Å². The van der Waals surface area contributed by atoms with Crippen LogP contribution in [0.2, 0.25) is 5.82 Å². The minimum Gasteiger partial charge on any atom is -0.405 e. The van der Waals surface area contributed by atoms with Gasteiger partial charge in [-0.1, -0.05) is 70.6 Å². The van der Waals surface area contributed by atoms with E-state index < -0.39 is 0 Å². The Kier molecular flexibility index (Phi) is 5.66. The first-order valence-electron chi connectivity index (χ1n) is 10.7. The fraction of sp³-hybridized carbons (Fsp3) is 1.00. The van der Waals surface area contributed by atoms with E-state index >= 15 is 0 Å². The van der Waals surface area contributed by atoms with Crippen LogP contribution < -0.4 is 0 Å². The van der Waals surface area contributed by atoms with E-state index in [1.165, 1.54) is 96.3 Å². The second-order valence-corrected chi connectivity index (χ2v) is 8.76. The van der Waals surface area contributed by atoms with Gasteiger partial charge in [-0.05, 0) is 43.3 Å². The molecule has 1 heterocycles. The average molecular weight is 318 g/mol. The molecule has 130 valence electrons. The standard InChI is InChI=1S/C20H35BO2/c1-4-10-16(11-5-1)19-20(17-12-6-2-7-13-17)23-21(22-19)18-14-8-3-9-15-18/h16-20H,1-15H2/t19-,20-/m1/s1. The fourth-order valence-corrected chi connectivity index (χ4v) is 5.81. The van der Waals surface area contributed by atoms with Crippen molar-refractivity contribution in [1.29, 1.82) is 0 Å². The van der Waals surface area contributed by atoms with E-state index in [2.05, 4.69) is 0 Å². The maximum atomic E-state index is 6.68. The topological polar surface area (TPSA) is 18.5 Å².